The molecular weight excluding hydrogens is 374 g/mol. The van der Waals surface area contributed by atoms with Crippen LogP contribution in [0.15, 0.2) is 36.4 Å². The molecule has 9 nitrogen and oxygen atoms in total. The van der Waals surface area contributed by atoms with Gasteiger partial charge in [-0.2, -0.15) is 4.68 Å². The number of Topliss-reactive ketones (excluding diaryl/α,β-unsaturated/α-hetero) is 1. The van der Waals surface area contributed by atoms with Crippen molar-refractivity contribution in [3.05, 3.63) is 53.3 Å². The van der Waals surface area contributed by atoms with Crippen molar-refractivity contribution in [3.8, 4) is 17.2 Å². The van der Waals surface area contributed by atoms with Crippen LogP contribution in [0.4, 0.5) is 5.69 Å². The van der Waals surface area contributed by atoms with Crippen LogP contribution in [0, 0.1) is 13.8 Å². The van der Waals surface area contributed by atoms with E-state index in [1.54, 1.807) is 41.9 Å². The first-order chi connectivity index (χ1) is 13.9. The molecule has 1 aromatic heterocycles. The highest BCUT2D eigenvalue weighted by Crippen LogP contribution is 2.28. The topological polar surface area (TPSA) is 108 Å². The van der Waals surface area contributed by atoms with Gasteiger partial charge in [-0.3, -0.25) is 9.59 Å². The normalized spacial score (nSPS) is 10.5. The maximum Gasteiger partial charge on any atom is 0.262 e. The molecule has 0 saturated carbocycles. The van der Waals surface area contributed by atoms with Crippen LogP contribution >= 0.6 is 0 Å². The van der Waals surface area contributed by atoms with Crippen LogP contribution in [0.5, 0.6) is 11.5 Å². The molecule has 150 valence electrons. The number of nitrogens with zero attached hydrogens (tertiary/aromatic N) is 4. The summed E-state index contributed by atoms with van der Waals surface area (Å²) in [6.45, 7) is 4.98. The minimum Gasteiger partial charge on any atom is -0.493 e. The zero-order chi connectivity index (χ0) is 21.0. The molecule has 0 bridgehead atoms. The molecule has 1 amide bonds. The Morgan fingerprint density at radius 3 is 2.55 bits per heavy atom. The average Bonchev–Trinajstić information content (AvgIpc) is 3.13. The predicted molar refractivity (Wildman–Crippen MR) is 106 cm³/mol. The summed E-state index contributed by atoms with van der Waals surface area (Å²) in [4.78, 5) is 23.8. The van der Waals surface area contributed by atoms with Crippen molar-refractivity contribution in [2.45, 2.75) is 20.8 Å². The number of aryl methyl sites for hydroxylation is 2. The Kier molecular flexibility index (Phi) is 5.87. The van der Waals surface area contributed by atoms with E-state index in [0.29, 0.717) is 28.6 Å². The Morgan fingerprint density at radius 1 is 1.10 bits per heavy atom. The van der Waals surface area contributed by atoms with Crippen molar-refractivity contribution in [2.75, 3.05) is 19.0 Å². The second kappa shape index (κ2) is 8.51. The molecule has 0 aliphatic rings. The Hall–Kier alpha value is -3.75. The van der Waals surface area contributed by atoms with Crippen molar-refractivity contribution in [1.29, 1.82) is 0 Å². The lowest BCUT2D eigenvalue weighted by atomic mass is 10.1. The first-order valence-electron chi connectivity index (χ1n) is 8.86. The molecule has 9 heteroatoms. The van der Waals surface area contributed by atoms with Gasteiger partial charge in [-0.15, -0.1) is 5.10 Å². The van der Waals surface area contributed by atoms with Crippen molar-refractivity contribution in [3.63, 3.8) is 0 Å². The quantitative estimate of drug-likeness (QED) is 0.612. The van der Waals surface area contributed by atoms with Gasteiger partial charge in [0.15, 0.2) is 29.7 Å². The zero-order valence-electron chi connectivity index (χ0n) is 16.6. The van der Waals surface area contributed by atoms with E-state index in [-0.39, 0.29) is 18.3 Å². The van der Waals surface area contributed by atoms with Crippen LogP contribution in [-0.4, -0.2) is 45.6 Å². The number of hydrogen-bond acceptors (Lipinski definition) is 7. The van der Waals surface area contributed by atoms with Crippen molar-refractivity contribution < 1.29 is 19.1 Å². The van der Waals surface area contributed by atoms with Gasteiger partial charge >= 0.3 is 0 Å². The number of hydrogen-bond donors (Lipinski definition) is 1. The number of benzene rings is 2. The second-order valence-electron chi connectivity index (χ2n) is 6.40. The van der Waals surface area contributed by atoms with Crippen LogP contribution in [0.25, 0.3) is 5.69 Å². The number of rotatable bonds is 7. The smallest absolute Gasteiger partial charge is 0.262 e. The minimum absolute atomic E-state index is 0.0828. The van der Waals surface area contributed by atoms with E-state index in [2.05, 4.69) is 20.8 Å². The maximum absolute atomic E-state index is 12.3. The lowest BCUT2D eigenvalue weighted by Gasteiger charge is -2.13. The monoisotopic (exact) mass is 395 g/mol. The molecule has 0 spiro atoms. The molecule has 0 aliphatic heterocycles. The van der Waals surface area contributed by atoms with E-state index in [0.717, 1.165) is 11.3 Å². The molecule has 3 aromatic rings. The summed E-state index contributed by atoms with van der Waals surface area (Å²) in [6.07, 6.45) is 0. The van der Waals surface area contributed by atoms with E-state index in [1.165, 1.54) is 14.0 Å². The third-order valence-corrected chi connectivity index (χ3v) is 4.28. The highest BCUT2D eigenvalue weighted by Gasteiger charge is 2.12. The molecule has 0 aliphatic carbocycles. The number of anilines is 1. The van der Waals surface area contributed by atoms with Crippen molar-refractivity contribution >= 4 is 17.4 Å². The van der Waals surface area contributed by atoms with E-state index >= 15 is 0 Å². The molecule has 2 aromatic carbocycles. The fourth-order valence-electron chi connectivity index (χ4n) is 2.72. The maximum atomic E-state index is 12.3. The zero-order valence-corrected chi connectivity index (χ0v) is 16.6. The molecule has 3 rings (SSSR count). The second-order valence-corrected chi connectivity index (χ2v) is 6.40. The summed E-state index contributed by atoms with van der Waals surface area (Å²) in [5.41, 5.74) is 2.83. The summed E-state index contributed by atoms with van der Waals surface area (Å²) < 4.78 is 12.4. The van der Waals surface area contributed by atoms with E-state index in [9.17, 15) is 9.59 Å². The van der Waals surface area contributed by atoms with Gasteiger partial charge in [-0.1, -0.05) is 6.07 Å². The summed E-state index contributed by atoms with van der Waals surface area (Å²) in [7, 11) is 1.47. The van der Waals surface area contributed by atoms with E-state index in [1.807, 2.05) is 13.0 Å². The van der Waals surface area contributed by atoms with Crippen molar-refractivity contribution in [2.24, 2.45) is 0 Å². The number of nitrogens with one attached hydrogen (secondary N) is 1. The molecule has 0 unspecified atom stereocenters. The Bertz CT molecular complexity index is 1060. The number of tetrazole rings is 1. The van der Waals surface area contributed by atoms with Crippen LogP contribution in [-0.2, 0) is 4.79 Å². The first-order valence-corrected chi connectivity index (χ1v) is 8.86. The number of carbonyl (C=O) groups is 2. The largest absolute Gasteiger partial charge is 0.493 e. The highest BCUT2D eigenvalue weighted by molar-refractivity contribution is 5.95. The van der Waals surface area contributed by atoms with Crippen LogP contribution in [0.2, 0.25) is 0 Å². The third kappa shape index (κ3) is 4.57. The first kappa shape index (κ1) is 20.0. The minimum atomic E-state index is -0.342. The molecule has 0 radical (unpaired) electrons. The summed E-state index contributed by atoms with van der Waals surface area (Å²) in [5.74, 6) is 0.978. The number of ether oxygens (including phenoxy) is 2. The van der Waals surface area contributed by atoms with Crippen LogP contribution in [0.3, 0.4) is 0 Å². The fraction of sp³-hybridized carbons (Fsp3) is 0.250. The van der Waals surface area contributed by atoms with Crippen LogP contribution in [0.1, 0.15) is 28.7 Å². The van der Waals surface area contributed by atoms with Gasteiger partial charge in [0.05, 0.1) is 12.8 Å². The molecule has 1 N–H and O–H groups in total. The van der Waals surface area contributed by atoms with Gasteiger partial charge in [0.25, 0.3) is 5.91 Å². The molecule has 0 atom stereocenters. The van der Waals surface area contributed by atoms with Crippen LogP contribution < -0.4 is 14.8 Å². The van der Waals surface area contributed by atoms with Gasteiger partial charge in [0.2, 0.25) is 0 Å². The van der Waals surface area contributed by atoms with Gasteiger partial charge in [0.1, 0.15) is 0 Å². The fourth-order valence-corrected chi connectivity index (χ4v) is 2.72. The van der Waals surface area contributed by atoms with Gasteiger partial charge < -0.3 is 14.8 Å². The third-order valence-electron chi connectivity index (χ3n) is 4.28. The van der Waals surface area contributed by atoms with E-state index < -0.39 is 0 Å². The molecule has 1 heterocycles. The summed E-state index contributed by atoms with van der Waals surface area (Å²) >= 11 is 0. The standard InChI is InChI=1S/C20H21N5O4/c1-12-5-7-16(10-17(12)25-14(3)22-23-24-25)21-20(27)11-29-18-8-6-15(13(2)26)9-19(18)28-4/h5-10H,11H2,1-4H3,(H,21,27). The van der Waals surface area contributed by atoms with Crippen molar-refractivity contribution in [1.82, 2.24) is 20.2 Å². The molecule has 29 heavy (non-hydrogen) atoms. The van der Waals surface area contributed by atoms with Gasteiger partial charge in [-0.05, 0) is 67.1 Å². The van der Waals surface area contributed by atoms with Gasteiger partial charge in [-0.25, -0.2) is 0 Å². The lowest BCUT2D eigenvalue weighted by molar-refractivity contribution is -0.118. The predicted octanol–water partition coefficient (Wildman–Crippen LogP) is 2.51. The molecule has 0 saturated heterocycles. The average molecular weight is 395 g/mol. The number of carbonyl (C=O) groups excluding carboxylic acids is 2. The molecular formula is C20H21N5O4. The summed E-state index contributed by atoms with van der Waals surface area (Å²) in [6, 6.07) is 10.3. The van der Waals surface area contributed by atoms with E-state index in [4.69, 9.17) is 9.47 Å². The number of methoxy groups -OCH3 is 1. The highest BCUT2D eigenvalue weighted by atomic mass is 16.5. The number of aromatic nitrogens is 4. The Balaban J connectivity index is 1.69. The Morgan fingerprint density at radius 2 is 1.90 bits per heavy atom. The Labute approximate surface area is 167 Å². The summed E-state index contributed by atoms with van der Waals surface area (Å²) in [5, 5.41) is 14.3. The molecule has 0 fully saturated rings. The van der Waals surface area contributed by atoms with Gasteiger partial charge in [0, 0.05) is 11.3 Å². The lowest BCUT2D eigenvalue weighted by Crippen LogP contribution is -2.20. The number of amides is 1. The SMILES string of the molecule is COc1cc(C(C)=O)ccc1OCC(=O)Nc1ccc(C)c(-n2nnnc2C)c1. The number of ketones is 1.